The highest BCUT2D eigenvalue weighted by atomic mass is 19.1. The van der Waals surface area contributed by atoms with Gasteiger partial charge in [0.2, 0.25) is 0 Å². The molecule has 1 aliphatic carbocycles. The average molecular weight is 433 g/mol. The number of phenols is 1. The zero-order chi connectivity index (χ0) is 22.7. The van der Waals surface area contributed by atoms with Crippen LogP contribution in [0, 0.1) is 11.7 Å². The summed E-state index contributed by atoms with van der Waals surface area (Å²) in [5, 5.41) is 18.7. The quantitative estimate of drug-likeness (QED) is 0.708. The third kappa shape index (κ3) is 4.94. The van der Waals surface area contributed by atoms with Gasteiger partial charge in [0.05, 0.1) is 17.3 Å². The Morgan fingerprint density at radius 3 is 2.55 bits per heavy atom. The molecule has 0 aliphatic heterocycles. The number of hydrogen-bond donors (Lipinski definition) is 1. The molecule has 1 saturated carbocycles. The molecule has 2 aromatic rings. The first kappa shape index (κ1) is 22.9. The molecule has 1 aliphatic rings. The molecular formula is C23H30F2N4O2. The van der Waals surface area contributed by atoms with E-state index in [2.05, 4.69) is 17.1 Å². The minimum Gasteiger partial charge on any atom is -0.507 e. The van der Waals surface area contributed by atoms with Gasteiger partial charge in [0.25, 0.3) is 5.91 Å². The number of carbonyl (C=O) groups is 1. The molecule has 0 radical (unpaired) electrons. The topological polar surface area (TPSA) is 69.6 Å². The Morgan fingerprint density at radius 2 is 1.94 bits per heavy atom. The molecule has 3 rings (SSSR count). The third-order valence-electron chi connectivity index (χ3n) is 6.17. The SMILES string of the molecule is CC[C@@H]1CCC[C@H](F)[C@H](N(C)c2ccc(-c3cc(F)c(C(=O)N(C)C)cc3O)nn2)C1. The van der Waals surface area contributed by atoms with Crippen molar-refractivity contribution in [2.24, 2.45) is 5.92 Å². The number of carbonyl (C=O) groups excluding carboxylic acids is 1. The highest BCUT2D eigenvalue weighted by Gasteiger charge is 2.31. The highest BCUT2D eigenvalue weighted by molar-refractivity contribution is 5.95. The van der Waals surface area contributed by atoms with Crippen LogP contribution in [0.3, 0.4) is 0 Å². The average Bonchev–Trinajstić information content (AvgIpc) is 2.95. The van der Waals surface area contributed by atoms with Gasteiger partial charge in [0.1, 0.15) is 17.7 Å². The van der Waals surface area contributed by atoms with E-state index in [4.69, 9.17) is 0 Å². The van der Waals surface area contributed by atoms with E-state index >= 15 is 0 Å². The van der Waals surface area contributed by atoms with Crippen molar-refractivity contribution >= 4 is 11.7 Å². The Bertz CT molecular complexity index is 921. The van der Waals surface area contributed by atoms with Gasteiger partial charge in [-0.1, -0.05) is 26.2 Å². The molecule has 1 N–H and O–H groups in total. The first-order valence-electron chi connectivity index (χ1n) is 10.7. The van der Waals surface area contributed by atoms with Crippen LogP contribution in [0.2, 0.25) is 0 Å². The number of hydrogen-bond acceptors (Lipinski definition) is 5. The zero-order valence-corrected chi connectivity index (χ0v) is 18.5. The number of aromatic nitrogens is 2. The first-order chi connectivity index (χ1) is 14.7. The highest BCUT2D eigenvalue weighted by Crippen LogP contribution is 2.33. The van der Waals surface area contributed by atoms with Crippen LogP contribution in [0.4, 0.5) is 14.6 Å². The van der Waals surface area contributed by atoms with Crippen LogP contribution in [0.25, 0.3) is 11.3 Å². The molecule has 1 amide bonds. The zero-order valence-electron chi connectivity index (χ0n) is 18.5. The number of aromatic hydroxyl groups is 1. The Labute approximate surface area is 181 Å². The van der Waals surface area contributed by atoms with Crippen molar-refractivity contribution in [3.8, 4) is 17.0 Å². The second kappa shape index (κ2) is 9.58. The van der Waals surface area contributed by atoms with Gasteiger partial charge in [-0.2, -0.15) is 0 Å². The lowest BCUT2D eigenvalue weighted by atomic mass is 9.94. The number of nitrogens with zero attached hydrogens (tertiary/aromatic N) is 4. The van der Waals surface area contributed by atoms with Gasteiger partial charge < -0.3 is 14.9 Å². The number of phenolic OH excluding ortho intramolecular Hbond substituents is 1. The summed E-state index contributed by atoms with van der Waals surface area (Å²) >= 11 is 0. The van der Waals surface area contributed by atoms with Gasteiger partial charge in [0, 0.05) is 26.7 Å². The maximum atomic E-state index is 14.8. The molecule has 3 atom stereocenters. The number of rotatable bonds is 5. The molecule has 0 spiro atoms. The lowest BCUT2D eigenvalue weighted by Crippen LogP contribution is -2.40. The van der Waals surface area contributed by atoms with Crippen LogP contribution in [-0.2, 0) is 0 Å². The summed E-state index contributed by atoms with van der Waals surface area (Å²) in [4.78, 5) is 15.1. The summed E-state index contributed by atoms with van der Waals surface area (Å²) in [5.74, 6) is -0.549. The number of alkyl halides is 1. The van der Waals surface area contributed by atoms with Crippen LogP contribution in [0.1, 0.15) is 49.4 Å². The molecule has 0 saturated heterocycles. The van der Waals surface area contributed by atoms with Gasteiger partial charge in [-0.25, -0.2) is 8.78 Å². The smallest absolute Gasteiger partial charge is 0.256 e. The van der Waals surface area contributed by atoms with Crippen LogP contribution in [-0.4, -0.2) is 59.5 Å². The van der Waals surface area contributed by atoms with Gasteiger partial charge in [-0.15, -0.1) is 10.2 Å². The van der Waals surface area contributed by atoms with Crippen molar-refractivity contribution in [3.05, 3.63) is 35.6 Å². The van der Waals surface area contributed by atoms with Crippen molar-refractivity contribution in [2.75, 3.05) is 26.0 Å². The summed E-state index contributed by atoms with van der Waals surface area (Å²) in [6, 6.07) is 5.21. The summed E-state index contributed by atoms with van der Waals surface area (Å²) in [6.07, 6.45) is 3.35. The van der Waals surface area contributed by atoms with Crippen LogP contribution in [0.5, 0.6) is 5.75 Å². The van der Waals surface area contributed by atoms with E-state index in [1.165, 1.54) is 19.0 Å². The molecule has 31 heavy (non-hydrogen) atoms. The number of amides is 1. The molecule has 1 aromatic heterocycles. The van der Waals surface area contributed by atoms with E-state index < -0.39 is 17.9 Å². The van der Waals surface area contributed by atoms with Crippen LogP contribution in [0.15, 0.2) is 24.3 Å². The lowest BCUT2D eigenvalue weighted by Gasteiger charge is -2.31. The van der Waals surface area contributed by atoms with Crippen molar-refractivity contribution in [2.45, 2.75) is 51.2 Å². The molecular weight excluding hydrogens is 402 g/mol. The van der Waals surface area contributed by atoms with Gasteiger partial charge in [-0.05, 0) is 43.0 Å². The van der Waals surface area contributed by atoms with Gasteiger partial charge in [-0.3, -0.25) is 4.79 Å². The lowest BCUT2D eigenvalue weighted by molar-refractivity contribution is 0.0822. The molecule has 0 bridgehead atoms. The van der Waals surface area contributed by atoms with E-state index in [0.29, 0.717) is 18.2 Å². The molecule has 1 aromatic carbocycles. The normalized spacial score (nSPS) is 21.4. The van der Waals surface area contributed by atoms with E-state index in [0.717, 1.165) is 37.8 Å². The van der Waals surface area contributed by atoms with E-state index in [1.807, 2.05) is 11.9 Å². The van der Waals surface area contributed by atoms with E-state index in [9.17, 15) is 18.7 Å². The molecule has 1 heterocycles. The van der Waals surface area contributed by atoms with Crippen LogP contribution < -0.4 is 4.90 Å². The Kier molecular flexibility index (Phi) is 7.08. The number of halogens is 2. The Hall–Kier alpha value is -2.77. The fourth-order valence-electron chi connectivity index (χ4n) is 4.17. The van der Waals surface area contributed by atoms with Gasteiger partial charge in [0.15, 0.2) is 5.82 Å². The molecule has 8 heteroatoms. The summed E-state index contributed by atoms with van der Waals surface area (Å²) in [7, 11) is 4.83. The largest absolute Gasteiger partial charge is 0.507 e. The Morgan fingerprint density at radius 1 is 1.19 bits per heavy atom. The minimum atomic E-state index is -0.928. The molecule has 1 fully saturated rings. The summed E-state index contributed by atoms with van der Waals surface area (Å²) < 4.78 is 29.2. The Balaban J connectivity index is 1.84. The second-order valence-electron chi connectivity index (χ2n) is 8.46. The van der Waals surface area contributed by atoms with Crippen molar-refractivity contribution in [3.63, 3.8) is 0 Å². The van der Waals surface area contributed by atoms with E-state index in [-0.39, 0.29) is 28.6 Å². The third-order valence-corrected chi connectivity index (χ3v) is 6.17. The fourth-order valence-corrected chi connectivity index (χ4v) is 4.17. The van der Waals surface area contributed by atoms with Crippen LogP contribution >= 0.6 is 0 Å². The monoisotopic (exact) mass is 432 g/mol. The second-order valence-corrected chi connectivity index (χ2v) is 8.46. The molecule has 0 unspecified atom stereocenters. The summed E-state index contributed by atoms with van der Waals surface area (Å²) in [5.41, 5.74) is 0.184. The predicted molar refractivity (Wildman–Crippen MR) is 116 cm³/mol. The molecule has 168 valence electrons. The van der Waals surface area contributed by atoms with Crippen molar-refractivity contribution in [1.82, 2.24) is 15.1 Å². The van der Waals surface area contributed by atoms with Gasteiger partial charge >= 0.3 is 0 Å². The fraction of sp³-hybridized carbons (Fsp3) is 0.522. The standard InChI is InChI=1S/C23H30F2N4O2/c1-5-14-7-6-8-17(24)20(11-14)29(4)22-10-9-19(26-27-22)16-12-18(25)15(13-21(16)30)23(31)28(2)3/h9-10,12-14,17,20,30H,5-8,11H2,1-4H3/t14-,17+,20-/m1/s1. The maximum absolute atomic E-state index is 14.8. The number of benzene rings is 1. The minimum absolute atomic E-state index is 0.137. The first-order valence-corrected chi connectivity index (χ1v) is 10.7. The van der Waals surface area contributed by atoms with E-state index in [1.54, 1.807) is 12.1 Å². The van der Waals surface area contributed by atoms with Crippen molar-refractivity contribution < 1.29 is 18.7 Å². The number of anilines is 1. The molecule has 6 nitrogen and oxygen atoms in total. The predicted octanol–water partition coefficient (Wildman–Crippen LogP) is 4.43. The summed E-state index contributed by atoms with van der Waals surface area (Å²) in [6.45, 7) is 2.14. The maximum Gasteiger partial charge on any atom is 0.256 e. The van der Waals surface area contributed by atoms with Crippen molar-refractivity contribution in [1.29, 1.82) is 0 Å².